The molecule has 0 unspecified atom stereocenters. The van der Waals surface area contributed by atoms with Crippen LogP contribution in [0, 0.1) is 0 Å². The van der Waals surface area contributed by atoms with Crippen LogP contribution in [0.1, 0.15) is 47.1 Å². The molecule has 0 bridgehead atoms. The van der Waals surface area contributed by atoms with Gasteiger partial charge in [-0.2, -0.15) is 0 Å². The molecule has 5 heteroatoms. The summed E-state index contributed by atoms with van der Waals surface area (Å²) in [4.78, 5) is 25.3. The first-order valence-electron chi connectivity index (χ1n) is 9.12. The van der Waals surface area contributed by atoms with Crippen molar-refractivity contribution in [3.05, 3.63) is 62.5 Å². The molecule has 25 heavy (non-hydrogen) atoms. The van der Waals surface area contributed by atoms with Crippen molar-refractivity contribution in [1.29, 1.82) is 0 Å². The Bertz CT molecular complexity index is 976. The third kappa shape index (κ3) is 2.62. The minimum atomic E-state index is 0.0508. The molecule has 1 N–H and O–H groups in total. The summed E-state index contributed by atoms with van der Waals surface area (Å²) in [6.45, 7) is 1.77. The normalized spacial score (nSPS) is 20.4. The van der Waals surface area contributed by atoms with Crippen LogP contribution in [0.3, 0.4) is 0 Å². The SMILES string of the molecule is O=c1[nH]c(CN2CCC[C@H]2c2ccccc2)nc2sc3c(c12)CCC3. The van der Waals surface area contributed by atoms with E-state index in [0.717, 1.165) is 35.4 Å². The summed E-state index contributed by atoms with van der Waals surface area (Å²) >= 11 is 1.72. The Labute approximate surface area is 150 Å². The van der Waals surface area contributed by atoms with E-state index in [1.807, 2.05) is 0 Å². The third-order valence-corrected chi connectivity index (χ3v) is 6.71. The first-order chi connectivity index (χ1) is 12.3. The highest BCUT2D eigenvalue weighted by atomic mass is 32.1. The molecule has 0 saturated carbocycles. The quantitative estimate of drug-likeness (QED) is 0.781. The topological polar surface area (TPSA) is 49.0 Å². The Morgan fingerprint density at radius 2 is 2.08 bits per heavy atom. The van der Waals surface area contributed by atoms with Crippen LogP contribution < -0.4 is 5.56 Å². The molecular weight excluding hydrogens is 330 g/mol. The number of aromatic nitrogens is 2. The lowest BCUT2D eigenvalue weighted by Gasteiger charge is -2.24. The molecule has 1 aromatic carbocycles. The van der Waals surface area contributed by atoms with Crippen LogP contribution in [0.15, 0.2) is 35.1 Å². The largest absolute Gasteiger partial charge is 0.309 e. The fraction of sp³-hybridized carbons (Fsp3) is 0.400. The predicted octanol–water partition coefficient (Wildman–Crippen LogP) is 3.81. The smallest absolute Gasteiger partial charge is 0.259 e. The van der Waals surface area contributed by atoms with Gasteiger partial charge in [-0.1, -0.05) is 30.3 Å². The molecule has 0 amide bonds. The Morgan fingerprint density at radius 3 is 2.96 bits per heavy atom. The van der Waals surface area contributed by atoms with Crippen LogP contribution in [0.4, 0.5) is 0 Å². The van der Waals surface area contributed by atoms with Gasteiger partial charge >= 0.3 is 0 Å². The monoisotopic (exact) mass is 351 g/mol. The number of H-pyrrole nitrogens is 1. The zero-order valence-corrected chi connectivity index (χ0v) is 14.9. The summed E-state index contributed by atoms with van der Waals surface area (Å²) < 4.78 is 0. The number of likely N-dealkylation sites (tertiary alicyclic amines) is 1. The van der Waals surface area contributed by atoms with Crippen LogP contribution in [0.5, 0.6) is 0 Å². The van der Waals surface area contributed by atoms with Crippen molar-refractivity contribution < 1.29 is 0 Å². The first kappa shape index (κ1) is 15.3. The summed E-state index contributed by atoms with van der Waals surface area (Å²) in [5.74, 6) is 0.806. The molecule has 1 fully saturated rings. The second-order valence-electron chi connectivity index (χ2n) is 7.09. The van der Waals surface area contributed by atoms with E-state index in [4.69, 9.17) is 4.98 Å². The Morgan fingerprint density at radius 1 is 1.20 bits per heavy atom. The molecule has 0 radical (unpaired) electrons. The minimum Gasteiger partial charge on any atom is -0.309 e. The second-order valence-corrected chi connectivity index (χ2v) is 8.17. The van der Waals surface area contributed by atoms with Gasteiger partial charge in [-0.3, -0.25) is 9.69 Å². The Hall–Kier alpha value is -1.98. The number of hydrogen-bond donors (Lipinski definition) is 1. The van der Waals surface area contributed by atoms with E-state index in [-0.39, 0.29) is 5.56 Å². The molecule has 3 heterocycles. The Balaban J connectivity index is 1.47. The van der Waals surface area contributed by atoms with E-state index >= 15 is 0 Å². The van der Waals surface area contributed by atoms with E-state index < -0.39 is 0 Å². The zero-order chi connectivity index (χ0) is 16.8. The summed E-state index contributed by atoms with van der Waals surface area (Å²) in [6, 6.07) is 11.1. The molecule has 1 atom stereocenters. The molecule has 2 aromatic heterocycles. The molecule has 1 aliphatic carbocycles. The summed E-state index contributed by atoms with van der Waals surface area (Å²) in [5.41, 5.74) is 2.66. The summed E-state index contributed by atoms with van der Waals surface area (Å²) in [5, 5.41) is 0.849. The molecule has 1 saturated heterocycles. The lowest BCUT2D eigenvalue weighted by Crippen LogP contribution is -2.25. The minimum absolute atomic E-state index is 0.0508. The van der Waals surface area contributed by atoms with Gasteiger partial charge in [0.25, 0.3) is 5.56 Å². The van der Waals surface area contributed by atoms with Crippen molar-refractivity contribution in [3.8, 4) is 0 Å². The standard InChI is InChI=1S/C20H21N3OS/c24-19-18-14-8-4-10-16(14)25-20(18)22-17(21-19)12-23-11-5-9-15(23)13-6-2-1-3-7-13/h1-3,6-7,15H,4-5,8-12H2,(H,21,22,24)/t15-/m0/s1. The van der Waals surface area contributed by atoms with Gasteiger partial charge in [0.1, 0.15) is 10.7 Å². The maximum atomic E-state index is 12.6. The first-order valence-corrected chi connectivity index (χ1v) is 9.94. The number of thiophene rings is 1. The highest BCUT2D eigenvalue weighted by Gasteiger charge is 2.27. The lowest BCUT2D eigenvalue weighted by molar-refractivity contribution is 0.242. The number of nitrogens with zero attached hydrogens (tertiary/aromatic N) is 2. The van der Waals surface area contributed by atoms with Crippen LogP contribution in [-0.4, -0.2) is 21.4 Å². The van der Waals surface area contributed by atoms with Gasteiger partial charge in [-0.05, 0) is 49.8 Å². The number of nitrogens with one attached hydrogen (secondary N) is 1. The molecule has 5 rings (SSSR count). The van der Waals surface area contributed by atoms with Gasteiger partial charge in [0.05, 0.1) is 11.9 Å². The number of hydrogen-bond acceptors (Lipinski definition) is 4. The molecular formula is C20H21N3OS. The fourth-order valence-electron chi connectivity index (χ4n) is 4.38. The van der Waals surface area contributed by atoms with Gasteiger partial charge in [0.2, 0.25) is 0 Å². The second kappa shape index (κ2) is 6.07. The maximum Gasteiger partial charge on any atom is 0.259 e. The Kier molecular flexibility index (Phi) is 3.71. The van der Waals surface area contributed by atoms with Gasteiger partial charge in [-0.15, -0.1) is 11.3 Å². The van der Waals surface area contributed by atoms with Crippen molar-refractivity contribution in [2.45, 2.75) is 44.7 Å². The molecule has 0 spiro atoms. The highest BCUT2D eigenvalue weighted by Crippen LogP contribution is 2.35. The molecule has 2 aliphatic rings. The molecule has 1 aliphatic heterocycles. The summed E-state index contributed by atoms with van der Waals surface area (Å²) in [7, 11) is 0. The third-order valence-electron chi connectivity index (χ3n) is 5.52. The number of fused-ring (bicyclic) bond motifs is 3. The van der Waals surface area contributed by atoms with E-state index in [2.05, 4.69) is 40.2 Å². The molecule has 128 valence electrons. The molecule has 3 aromatic rings. The number of rotatable bonds is 3. The van der Waals surface area contributed by atoms with Crippen molar-refractivity contribution >= 4 is 21.6 Å². The van der Waals surface area contributed by atoms with Crippen molar-refractivity contribution in [1.82, 2.24) is 14.9 Å². The lowest BCUT2D eigenvalue weighted by atomic mass is 10.0. The van der Waals surface area contributed by atoms with Crippen molar-refractivity contribution in [2.75, 3.05) is 6.54 Å². The predicted molar refractivity (Wildman–Crippen MR) is 101 cm³/mol. The average Bonchev–Trinajstić information content (AvgIpc) is 3.31. The fourth-order valence-corrected chi connectivity index (χ4v) is 5.66. The average molecular weight is 351 g/mol. The van der Waals surface area contributed by atoms with Gasteiger partial charge in [0.15, 0.2) is 0 Å². The van der Waals surface area contributed by atoms with Gasteiger partial charge in [0, 0.05) is 10.9 Å². The van der Waals surface area contributed by atoms with Crippen LogP contribution in [0.25, 0.3) is 10.2 Å². The number of benzene rings is 1. The van der Waals surface area contributed by atoms with Crippen LogP contribution >= 0.6 is 11.3 Å². The highest BCUT2D eigenvalue weighted by molar-refractivity contribution is 7.18. The van der Waals surface area contributed by atoms with Crippen LogP contribution in [-0.2, 0) is 19.4 Å². The number of aromatic amines is 1. The maximum absolute atomic E-state index is 12.6. The van der Waals surface area contributed by atoms with Crippen molar-refractivity contribution in [2.24, 2.45) is 0 Å². The van der Waals surface area contributed by atoms with Gasteiger partial charge in [-0.25, -0.2) is 4.98 Å². The van der Waals surface area contributed by atoms with Crippen molar-refractivity contribution in [3.63, 3.8) is 0 Å². The molecule has 4 nitrogen and oxygen atoms in total. The van der Waals surface area contributed by atoms with E-state index in [1.165, 1.54) is 35.3 Å². The van der Waals surface area contributed by atoms with Gasteiger partial charge < -0.3 is 4.98 Å². The van der Waals surface area contributed by atoms with Crippen LogP contribution in [0.2, 0.25) is 0 Å². The zero-order valence-electron chi connectivity index (χ0n) is 14.1. The van der Waals surface area contributed by atoms with E-state index in [1.54, 1.807) is 11.3 Å². The van der Waals surface area contributed by atoms with E-state index in [9.17, 15) is 4.79 Å². The number of aryl methyl sites for hydroxylation is 2. The summed E-state index contributed by atoms with van der Waals surface area (Å²) in [6.07, 6.45) is 5.67. The van der Waals surface area contributed by atoms with E-state index in [0.29, 0.717) is 12.6 Å².